The highest BCUT2D eigenvalue weighted by molar-refractivity contribution is 5.59. The van der Waals surface area contributed by atoms with Crippen LogP contribution in [0, 0.1) is 26.0 Å². The van der Waals surface area contributed by atoms with Crippen LogP contribution in [0.4, 0.5) is 21.5 Å². The fourth-order valence-corrected chi connectivity index (χ4v) is 1.23. The van der Waals surface area contributed by atoms with Crippen LogP contribution in [0.25, 0.3) is 0 Å². The Morgan fingerprint density at radius 3 is 1.61 bits per heavy atom. The minimum atomic E-state index is -1.42. The van der Waals surface area contributed by atoms with Crippen molar-refractivity contribution in [2.24, 2.45) is 0 Å². The Kier molecular flexibility index (Phi) is 5.10. The molecule has 0 fully saturated rings. The summed E-state index contributed by atoms with van der Waals surface area (Å²) < 4.78 is 13.6. The fourth-order valence-electron chi connectivity index (χ4n) is 1.23. The van der Waals surface area contributed by atoms with E-state index < -0.39 is 27.0 Å². The van der Waals surface area contributed by atoms with Gasteiger partial charge in [0.1, 0.15) is 5.69 Å². The van der Waals surface area contributed by atoms with Crippen molar-refractivity contribution < 1.29 is 38.2 Å². The van der Waals surface area contributed by atoms with Crippen molar-refractivity contribution in [1.82, 2.24) is 4.48 Å². The van der Waals surface area contributed by atoms with Gasteiger partial charge in [0.15, 0.2) is 0 Å². The first kappa shape index (κ1) is 16.6. The molecule has 0 aromatic heterocycles. The average Bonchev–Trinajstić information content (AvgIpc) is 2.14. The quantitative estimate of drug-likeness (QED) is 0.291. The van der Waals surface area contributed by atoms with Gasteiger partial charge in [-0.25, -0.2) is 0 Å². The van der Waals surface area contributed by atoms with E-state index in [1.165, 1.54) is 0 Å². The molecule has 0 unspecified atom stereocenters. The molecule has 1 aromatic rings. The van der Waals surface area contributed by atoms with Crippen LogP contribution in [0.3, 0.4) is 0 Å². The third kappa shape index (κ3) is 3.32. The van der Waals surface area contributed by atoms with Crippen molar-refractivity contribution in [2.45, 2.75) is 0 Å². The lowest BCUT2D eigenvalue weighted by atomic mass is 10.2. The van der Waals surface area contributed by atoms with Crippen LogP contribution in [-0.2, 0) is 0 Å². The van der Waals surface area contributed by atoms with Gasteiger partial charge >= 0.3 is 11.4 Å². The number of hydrogen-bond donors (Lipinski definition) is 0. The van der Waals surface area contributed by atoms with Crippen LogP contribution in [0.5, 0.6) is 0 Å². The first-order valence-electron chi connectivity index (χ1n) is 4.59. The Labute approximate surface area is 119 Å². The highest BCUT2D eigenvalue weighted by Crippen LogP contribution is 2.33. The number of nitro groups is 2. The number of benzene rings is 1. The maximum Gasteiger partial charge on any atom is 0.317 e. The molecular formula is C9H11FIN3O4. The summed E-state index contributed by atoms with van der Waals surface area (Å²) >= 11 is 0. The summed E-state index contributed by atoms with van der Waals surface area (Å²) in [4.78, 5) is 19.3. The Morgan fingerprint density at radius 2 is 1.39 bits per heavy atom. The lowest BCUT2D eigenvalue weighted by molar-refractivity contribution is -0.399. The van der Waals surface area contributed by atoms with Gasteiger partial charge in [-0.05, 0) is 0 Å². The van der Waals surface area contributed by atoms with Crippen molar-refractivity contribution in [2.75, 3.05) is 21.1 Å². The molecule has 18 heavy (non-hydrogen) atoms. The molecule has 0 heterocycles. The number of halogens is 2. The van der Waals surface area contributed by atoms with Gasteiger partial charge in [0.05, 0.1) is 43.1 Å². The van der Waals surface area contributed by atoms with Crippen molar-refractivity contribution in [3.05, 3.63) is 38.2 Å². The summed E-state index contributed by atoms with van der Waals surface area (Å²) in [6.45, 7) is 0. The molecule has 1 rings (SSSR count). The van der Waals surface area contributed by atoms with E-state index in [1.54, 1.807) is 21.1 Å². The van der Waals surface area contributed by atoms with E-state index in [4.69, 9.17) is 0 Å². The molecule has 1 aromatic carbocycles. The molecule has 0 amide bonds. The maximum atomic E-state index is 13.5. The molecule has 0 N–H and O–H groups in total. The molecule has 7 nitrogen and oxygen atoms in total. The average molecular weight is 371 g/mol. The second-order valence-corrected chi connectivity index (χ2v) is 4.32. The van der Waals surface area contributed by atoms with Crippen molar-refractivity contribution in [3.8, 4) is 0 Å². The smallest absolute Gasteiger partial charge is 0.317 e. The van der Waals surface area contributed by atoms with Gasteiger partial charge in [0, 0.05) is 0 Å². The zero-order valence-corrected chi connectivity index (χ0v) is 12.0. The fraction of sp³-hybridized carbons (Fsp3) is 0.333. The zero-order chi connectivity index (χ0) is 13.4. The summed E-state index contributed by atoms with van der Waals surface area (Å²) in [5.74, 6) is -1.42. The topological polar surface area (TPSA) is 86.3 Å². The van der Waals surface area contributed by atoms with Crippen LogP contribution in [-0.4, -0.2) is 31.0 Å². The van der Waals surface area contributed by atoms with Crippen LogP contribution in [0.15, 0.2) is 12.1 Å². The van der Waals surface area contributed by atoms with Crippen molar-refractivity contribution >= 4 is 17.1 Å². The number of nitrogens with zero attached hydrogens (tertiary/aromatic N) is 3. The minimum Gasteiger partial charge on any atom is -1.00 e. The van der Waals surface area contributed by atoms with Gasteiger partial charge in [-0.3, -0.25) is 24.7 Å². The molecule has 0 spiro atoms. The lowest BCUT2D eigenvalue weighted by Crippen LogP contribution is -3.00. The van der Waals surface area contributed by atoms with E-state index in [2.05, 4.69) is 0 Å². The number of rotatable bonds is 3. The normalized spacial score (nSPS) is 10.7. The van der Waals surface area contributed by atoms with Gasteiger partial charge in [-0.15, -0.1) is 0 Å². The summed E-state index contributed by atoms with van der Waals surface area (Å²) in [5, 5.41) is 21.2. The number of quaternary nitrogens is 1. The monoisotopic (exact) mass is 371 g/mol. The second kappa shape index (κ2) is 5.52. The van der Waals surface area contributed by atoms with Crippen molar-refractivity contribution in [3.63, 3.8) is 0 Å². The predicted octanol–water partition coefficient (Wildman–Crippen LogP) is -1.16. The molecule has 9 heteroatoms. The summed E-state index contributed by atoms with van der Waals surface area (Å²) in [6, 6.07) is 2.00. The second-order valence-electron chi connectivity index (χ2n) is 4.32. The lowest BCUT2D eigenvalue weighted by Gasteiger charge is -2.22. The van der Waals surface area contributed by atoms with E-state index in [0.29, 0.717) is 0 Å². The van der Waals surface area contributed by atoms with Gasteiger partial charge in [-0.2, -0.15) is 4.39 Å². The molecular weight excluding hydrogens is 360 g/mol. The highest BCUT2D eigenvalue weighted by atomic mass is 127. The van der Waals surface area contributed by atoms with E-state index in [-0.39, 0.29) is 34.1 Å². The van der Waals surface area contributed by atoms with Gasteiger partial charge < -0.3 is 24.0 Å². The molecule has 0 atom stereocenters. The van der Waals surface area contributed by atoms with Gasteiger partial charge in [-0.1, -0.05) is 0 Å². The molecule has 0 aliphatic carbocycles. The van der Waals surface area contributed by atoms with E-state index in [1.807, 2.05) is 0 Å². The van der Waals surface area contributed by atoms with E-state index in [9.17, 15) is 24.6 Å². The largest absolute Gasteiger partial charge is 1.00 e. The Hall–Kier alpha value is -1.36. The maximum absolute atomic E-state index is 13.5. The van der Waals surface area contributed by atoms with E-state index in [0.717, 1.165) is 12.1 Å². The van der Waals surface area contributed by atoms with Crippen LogP contribution in [0.2, 0.25) is 0 Å². The molecule has 0 saturated heterocycles. The first-order chi connectivity index (χ1) is 7.64. The molecule has 0 bridgehead atoms. The molecule has 0 aliphatic rings. The Balaban J connectivity index is 0.00000289. The van der Waals surface area contributed by atoms with E-state index >= 15 is 0 Å². The minimum absolute atomic E-state index is 0. The molecule has 0 aliphatic heterocycles. The Bertz CT molecular complexity index is 466. The Morgan fingerprint density at radius 1 is 1.06 bits per heavy atom. The van der Waals surface area contributed by atoms with Gasteiger partial charge in [0.25, 0.3) is 5.82 Å². The molecule has 0 radical (unpaired) electrons. The predicted molar refractivity (Wildman–Crippen MR) is 59.3 cm³/mol. The first-order valence-corrected chi connectivity index (χ1v) is 4.59. The summed E-state index contributed by atoms with van der Waals surface area (Å²) in [5.41, 5.74) is -1.49. The molecule has 0 saturated carbocycles. The third-order valence-corrected chi connectivity index (χ3v) is 2.19. The summed E-state index contributed by atoms with van der Waals surface area (Å²) in [7, 11) is 5.00. The molecule has 100 valence electrons. The van der Waals surface area contributed by atoms with Crippen LogP contribution >= 0.6 is 0 Å². The zero-order valence-electron chi connectivity index (χ0n) is 9.89. The third-order valence-electron chi connectivity index (χ3n) is 2.19. The highest BCUT2D eigenvalue weighted by Gasteiger charge is 2.31. The number of nitro benzene ring substituents is 2. The van der Waals surface area contributed by atoms with Crippen molar-refractivity contribution in [1.29, 1.82) is 0 Å². The van der Waals surface area contributed by atoms with Crippen LogP contribution < -0.4 is 28.5 Å². The summed E-state index contributed by atoms with van der Waals surface area (Å²) in [6.07, 6.45) is 0. The standard InChI is InChI=1S/C9H11FN3O4.HI/c1-13(2,3)6-4-7(11(14)15)9(10)8(5-6)12(16)17;/h4-5H,1-3H3;1H/q+1;/p-1. The van der Waals surface area contributed by atoms with Gasteiger partial charge in [0.2, 0.25) is 0 Å². The van der Waals surface area contributed by atoms with Crippen LogP contribution in [0.1, 0.15) is 0 Å². The SMILES string of the molecule is C[N+](C)(C)c1cc([N+](=O)[O-])c(F)c([N+](=O)[O-])c1.[I-]. The number of hydrogen-bond acceptors (Lipinski definition) is 4.